The zero-order chi connectivity index (χ0) is 38.6. The average Bonchev–Trinajstić information content (AvgIpc) is 3.19. The highest BCUT2D eigenvalue weighted by Crippen LogP contribution is 2.39. The van der Waals surface area contributed by atoms with Gasteiger partial charge in [-0.3, -0.25) is 24.4 Å². The Bertz CT molecular complexity index is 2010. The first-order chi connectivity index (χ1) is 26.6. The lowest BCUT2D eigenvalue weighted by molar-refractivity contribution is -0.139. The first-order valence-electron chi connectivity index (χ1n) is 19.3. The number of aliphatic hydroxyl groups excluding tert-OH is 1. The SMILES string of the molecule is COc1cc(-c2cn(C)c(=O)c3cnccc23)c(OC)cc1CN1CCC(OC2CCN(C(=O)COC3=CC=C(N4CCC(O)NC4=O)CC3C)CC2)CC1. The summed E-state index contributed by atoms with van der Waals surface area (Å²) in [5.41, 5.74) is 3.52. The van der Waals surface area contributed by atoms with Gasteiger partial charge >= 0.3 is 6.03 Å². The number of benzene rings is 1. The Balaban J connectivity index is 0.875. The number of nitrogens with zero attached hydrogens (tertiary/aromatic N) is 5. The van der Waals surface area contributed by atoms with Crippen molar-refractivity contribution < 1.29 is 33.6 Å². The normalized spacial score (nSPS) is 21.6. The lowest BCUT2D eigenvalue weighted by atomic mass is 9.97. The molecular weight excluding hydrogens is 704 g/mol. The maximum atomic E-state index is 13.1. The molecule has 1 aromatic carbocycles. The van der Waals surface area contributed by atoms with Gasteiger partial charge in [0.25, 0.3) is 11.5 Å². The number of allylic oxidation sites excluding steroid dienone is 4. The van der Waals surface area contributed by atoms with E-state index in [9.17, 15) is 19.5 Å². The number of carbonyl (C=O) groups excluding carboxylic acids is 2. The van der Waals surface area contributed by atoms with Crippen LogP contribution in [-0.4, -0.2) is 113 Å². The first kappa shape index (κ1) is 38.4. The van der Waals surface area contributed by atoms with Crippen LogP contribution in [0.3, 0.4) is 0 Å². The van der Waals surface area contributed by atoms with E-state index in [2.05, 4.69) is 15.2 Å². The number of hydrogen-bond donors (Lipinski definition) is 2. The van der Waals surface area contributed by atoms with Gasteiger partial charge in [-0.15, -0.1) is 0 Å². The highest BCUT2D eigenvalue weighted by molar-refractivity contribution is 5.97. The standard InChI is InChI=1S/C41H52N6O8/c1-26-19-28(47-18-12-38(48)43-41(47)51)5-6-35(26)54-25-39(49)46-16-10-30(11-17-46)55-29-8-14-45(15-9-29)23-27-20-37(53-4)32(21-36(27)52-3)34-24-44(2)40(50)33-22-42-13-7-31(33)34/h5-7,13,20-22,24,26,29-30,38,48H,8-12,14-19,23,25H2,1-4H3,(H,43,51). The second-order valence-electron chi connectivity index (χ2n) is 15.0. The Labute approximate surface area is 321 Å². The molecule has 2 atom stereocenters. The third kappa shape index (κ3) is 8.51. The summed E-state index contributed by atoms with van der Waals surface area (Å²) < 4.78 is 25.9. The summed E-state index contributed by atoms with van der Waals surface area (Å²) in [6.45, 7) is 6.26. The maximum absolute atomic E-state index is 13.1. The predicted octanol–water partition coefficient (Wildman–Crippen LogP) is 4.15. The summed E-state index contributed by atoms with van der Waals surface area (Å²) in [4.78, 5) is 48.3. The molecule has 3 fully saturated rings. The number of fused-ring (bicyclic) bond motifs is 1. The van der Waals surface area contributed by atoms with E-state index in [1.807, 2.05) is 48.4 Å². The summed E-state index contributed by atoms with van der Waals surface area (Å²) in [5.74, 6) is 2.21. The Morgan fingerprint density at radius 1 is 0.927 bits per heavy atom. The Kier molecular flexibility index (Phi) is 11.7. The Morgan fingerprint density at radius 2 is 1.65 bits per heavy atom. The molecule has 3 amide bonds. The number of rotatable bonds is 11. The topological polar surface area (TPSA) is 148 Å². The van der Waals surface area contributed by atoms with E-state index in [0.29, 0.717) is 50.2 Å². The molecule has 1 aliphatic carbocycles. The van der Waals surface area contributed by atoms with Crippen molar-refractivity contribution in [3.05, 3.63) is 76.3 Å². The van der Waals surface area contributed by atoms with Crippen LogP contribution in [0.5, 0.6) is 11.5 Å². The molecule has 14 heteroatoms. The Hall–Kier alpha value is -4.92. The van der Waals surface area contributed by atoms with Gasteiger partial charge in [0.2, 0.25) is 0 Å². The number of aryl methyl sites for hydroxylation is 1. The molecule has 294 valence electrons. The number of pyridine rings is 2. The Morgan fingerprint density at radius 3 is 2.35 bits per heavy atom. The van der Waals surface area contributed by atoms with Gasteiger partial charge in [-0.05, 0) is 67.8 Å². The number of ether oxygens (including phenoxy) is 4. The molecule has 3 aliphatic heterocycles. The van der Waals surface area contributed by atoms with Crippen molar-refractivity contribution in [3.8, 4) is 22.6 Å². The molecule has 3 aromatic rings. The lowest BCUT2D eigenvalue weighted by Crippen LogP contribution is -2.51. The largest absolute Gasteiger partial charge is 0.496 e. The molecule has 2 N–H and O–H groups in total. The van der Waals surface area contributed by atoms with Crippen molar-refractivity contribution >= 4 is 22.7 Å². The van der Waals surface area contributed by atoms with Gasteiger partial charge in [-0.2, -0.15) is 0 Å². The van der Waals surface area contributed by atoms with Crippen molar-refractivity contribution in [3.63, 3.8) is 0 Å². The molecule has 3 saturated heterocycles. The van der Waals surface area contributed by atoms with Crippen LogP contribution in [0.15, 0.2) is 65.2 Å². The van der Waals surface area contributed by atoms with E-state index in [4.69, 9.17) is 18.9 Å². The van der Waals surface area contributed by atoms with E-state index < -0.39 is 6.23 Å². The van der Waals surface area contributed by atoms with Gasteiger partial charge in [-0.1, -0.05) is 6.92 Å². The van der Waals surface area contributed by atoms with Crippen LogP contribution in [0.25, 0.3) is 21.9 Å². The van der Waals surface area contributed by atoms with E-state index in [0.717, 1.165) is 78.1 Å². The highest BCUT2D eigenvalue weighted by atomic mass is 16.5. The molecule has 7 rings (SSSR count). The van der Waals surface area contributed by atoms with Crippen LogP contribution in [0, 0.1) is 5.92 Å². The summed E-state index contributed by atoms with van der Waals surface area (Å²) >= 11 is 0. The van der Waals surface area contributed by atoms with Gasteiger partial charge in [0.05, 0.1) is 37.6 Å². The van der Waals surface area contributed by atoms with E-state index in [-0.39, 0.29) is 42.2 Å². The summed E-state index contributed by atoms with van der Waals surface area (Å²) in [7, 11) is 5.08. The minimum absolute atomic E-state index is 0.0129. The molecule has 0 spiro atoms. The zero-order valence-electron chi connectivity index (χ0n) is 32.2. The molecule has 4 aliphatic rings. The van der Waals surface area contributed by atoms with Gasteiger partial charge in [0, 0.05) is 99.6 Å². The fourth-order valence-electron chi connectivity index (χ4n) is 8.15. The zero-order valence-corrected chi connectivity index (χ0v) is 32.2. The van der Waals surface area contributed by atoms with Crippen LogP contribution in [0.2, 0.25) is 0 Å². The van der Waals surface area contributed by atoms with Crippen LogP contribution in [-0.2, 0) is 27.9 Å². The average molecular weight is 757 g/mol. The minimum Gasteiger partial charge on any atom is -0.496 e. The number of urea groups is 1. The number of likely N-dealkylation sites (tertiary alicyclic amines) is 2. The molecule has 55 heavy (non-hydrogen) atoms. The van der Waals surface area contributed by atoms with Crippen LogP contribution < -0.4 is 20.3 Å². The number of nitrogens with one attached hydrogen (secondary N) is 1. The molecule has 0 bridgehead atoms. The van der Waals surface area contributed by atoms with Crippen LogP contribution in [0.4, 0.5) is 4.79 Å². The molecule has 2 unspecified atom stereocenters. The first-order valence-corrected chi connectivity index (χ1v) is 19.3. The smallest absolute Gasteiger partial charge is 0.323 e. The van der Waals surface area contributed by atoms with Crippen LogP contribution >= 0.6 is 0 Å². The highest BCUT2D eigenvalue weighted by Gasteiger charge is 2.31. The molecule has 5 heterocycles. The van der Waals surface area contributed by atoms with Crippen molar-refractivity contribution in [2.75, 3.05) is 53.6 Å². The van der Waals surface area contributed by atoms with Crippen molar-refractivity contribution in [2.45, 2.75) is 70.4 Å². The molecule has 0 radical (unpaired) electrons. The van der Waals surface area contributed by atoms with Crippen molar-refractivity contribution in [1.29, 1.82) is 0 Å². The van der Waals surface area contributed by atoms with Gasteiger partial charge in [0.15, 0.2) is 6.61 Å². The number of piperidine rings is 2. The summed E-state index contributed by atoms with van der Waals surface area (Å²) in [6, 6.07) is 5.60. The molecular formula is C41H52N6O8. The van der Waals surface area contributed by atoms with Gasteiger partial charge in [0.1, 0.15) is 17.7 Å². The summed E-state index contributed by atoms with van der Waals surface area (Å²) in [6.07, 6.45) is 12.9. The van der Waals surface area contributed by atoms with Crippen molar-refractivity contribution in [2.24, 2.45) is 13.0 Å². The van der Waals surface area contributed by atoms with E-state index in [1.165, 1.54) is 0 Å². The minimum atomic E-state index is -0.804. The fraction of sp³-hybridized carbons (Fsp3) is 0.512. The number of carbonyl (C=O) groups is 2. The third-order valence-corrected chi connectivity index (χ3v) is 11.3. The van der Waals surface area contributed by atoms with Crippen LogP contribution in [0.1, 0.15) is 51.0 Å². The summed E-state index contributed by atoms with van der Waals surface area (Å²) in [5, 5.41) is 13.6. The molecule has 2 aromatic heterocycles. The number of hydrogen-bond acceptors (Lipinski definition) is 10. The molecule has 14 nitrogen and oxygen atoms in total. The number of aliphatic hydroxyl groups is 1. The lowest BCUT2D eigenvalue weighted by Gasteiger charge is -2.37. The predicted molar refractivity (Wildman–Crippen MR) is 206 cm³/mol. The number of amides is 3. The second kappa shape index (κ2) is 16.8. The van der Waals surface area contributed by atoms with E-state index in [1.54, 1.807) is 43.1 Å². The number of methoxy groups -OCH3 is 2. The third-order valence-electron chi connectivity index (χ3n) is 11.3. The molecule has 0 saturated carbocycles. The maximum Gasteiger partial charge on any atom is 0.323 e. The van der Waals surface area contributed by atoms with Gasteiger partial charge in [-0.25, -0.2) is 4.79 Å². The monoisotopic (exact) mass is 756 g/mol. The fourth-order valence-corrected chi connectivity index (χ4v) is 8.15. The van der Waals surface area contributed by atoms with E-state index >= 15 is 0 Å². The quantitative estimate of drug-likeness (QED) is 0.293. The second-order valence-corrected chi connectivity index (χ2v) is 15.0. The van der Waals surface area contributed by atoms with Gasteiger partial charge < -0.3 is 38.8 Å². The number of aromatic nitrogens is 2. The van der Waals surface area contributed by atoms with Crippen molar-refractivity contribution in [1.82, 2.24) is 29.6 Å².